The minimum atomic E-state index is -4.94. The SMILES string of the molecule is NCCCCC(O)(P(O)O)P(=O)(O)O. The molecule has 0 aliphatic heterocycles. The van der Waals surface area contributed by atoms with Crippen LogP contribution in [0.15, 0.2) is 0 Å². The van der Waals surface area contributed by atoms with Crippen LogP contribution < -0.4 is 5.73 Å². The van der Waals surface area contributed by atoms with E-state index in [9.17, 15) is 9.67 Å². The number of unbranched alkanes of at least 4 members (excludes halogenated alkanes) is 1. The Morgan fingerprint density at radius 1 is 1.29 bits per heavy atom. The van der Waals surface area contributed by atoms with Gasteiger partial charge in [0.25, 0.3) is 0 Å². The minimum absolute atomic E-state index is 0.220. The molecule has 0 radical (unpaired) electrons. The Balaban J connectivity index is 4.50. The Labute approximate surface area is 82.6 Å². The fourth-order valence-electron chi connectivity index (χ4n) is 0.869. The van der Waals surface area contributed by atoms with Gasteiger partial charge < -0.3 is 30.4 Å². The van der Waals surface area contributed by atoms with Crippen LogP contribution in [-0.4, -0.2) is 36.3 Å². The first-order valence-corrected chi connectivity index (χ1v) is 6.77. The number of rotatable bonds is 6. The third-order valence-electron chi connectivity index (χ3n) is 1.75. The Bertz CT molecular complexity index is 218. The van der Waals surface area contributed by atoms with Gasteiger partial charge in [0, 0.05) is 0 Å². The molecule has 1 unspecified atom stereocenters. The fourth-order valence-corrected chi connectivity index (χ4v) is 2.61. The molecule has 0 spiro atoms. The summed E-state index contributed by atoms with van der Waals surface area (Å²) in [5, 5.41) is 6.65. The van der Waals surface area contributed by atoms with Crippen LogP contribution >= 0.6 is 16.0 Å². The van der Waals surface area contributed by atoms with E-state index in [1.807, 2.05) is 0 Å². The van der Waals surface area contributed by atoms with Crippen LogP contribution in [0.4, 0.5) is 0 Å². The molecule has 0 bridgehead atoms. The van der Waals surface area contributed by atoms with E-state index in [4.69, 9.17) is 25.3 Å². The topological polar surface area (TPSA) is 144 Å². The molecule has 0 aromatic carbocycles. The molecule has 7 nitrogen and oxygen atoms in total. The highest BCUT2D eigenvalue weighted by Crippen LogP contribution is 2.65. The standard InChI is InChI=1S/C5H15NO6P2/c6-4-2-1-3-5(7,13(8)9)14(10,11)12/h7-9H,1-4,6H2,(H2,10,11,12). The average Bonchev–Trinajstić information content (AvgIpc) is 2.02. The van der Waals surface area contributed by atoms with Crippen LogP contribution in [0.3, 0.4) is 0 Å². The molecule has 14 heavy (non-hydrogen) atoms. The van der Waals surface area contributed by atoms with Gasteiger partial charge in [-0.2, -0.15) is 0 Å². The van der Waals surface area contributed by atoms with Crippen molar-refractivity contribution in [2.45, 2.75) is 24.3 Å². The van der Waals surface area contributed by atoms with E-state index in [0.717, 1.165) is 0 Å². The summed E-state index contributed by atoms with van der Waals surface area (Å²) in [7, 11) is -8.04. The van der Waals surface area contributed by atoms with E-state index in [1.54, 1.807) is 0 Å². The van der Waals surface area contributed by atoms with E-state index < -0.39 is 21.1 Å². The maximum Gasteiger partial charge on any atom is 0.366 e. The Morgan fingerprint density at radius 3 is 2.07 bits per heavy atom. The predicted molar refractivity (Wildman–Crippen MR) is 51.3 cm³/mol. The second kappa shape index (κ2) is 5.49. The smallest absolute Gasteiger partial charge is 0.366 e. The van der Waals surface area contributed by atoms with Gasteiger partial charge in [0.2, 0.25) is 13.5 Å². The van der Waals surface area contributed by atoms with Crippen LogP contribution in [0.25, 0.3) is 0 Å². The molecule has 0 amide bonds. The van der Waals surface area contributed by atoms with Crippen LogP contribution in [-0.2, 0) is 4.57 Å². The molecule has 7 N–H and O–H groups in total. The molecule has 86 valence electrons. The average molecular weight is 247 g/mol. The lowest BCUT2D eigenvalue weighted by atomic mass is 10.2. The van der Waals surface area contributed by atoms with E-state index in [1.165, 1.54) is 0 Å². The van der Waals surface area contributed by atoms with E-state index >= 15 is 0 Å². The predicted octanol–water partition coefficient (Wildman–Crippen LogP) is -0.764. The normalized spacial score (nSPS) is 17.1. The monoisotopic (exact) mass is 247 g/mol. The summed E-state index contributed by atoms with van der Waals surface area (Å²) in [6.45, 7) is 0.312. The molecule has 1 atom stereocenters. The van der Waals surface area contributed by atoms with Crippen molar-refractivity contribution in [1.82, 2.24) is 0 Å². The van der Waals surface area contributed by atoms with E-state index in [-0.39, 0.29) is 12.8 Å². The van der Waals surface area contributed by atoms with Crippen LogP contribution in [0, 0.1) is 0 Å². The van der Waals surface area contributed by atoms with Crippen molar-refractivity contribution in [1.29, 1.82) is 0 Å². The van der Waals surface area contributed by atoms with E-state index in [0.29, 0.717) is 13.0 Å². The molecular weight excluding hydrogens is 232 g/mol. The van der Waals surface area contributed by atoms with Gasteiger partial charge in [-0.15, -0.1) is 0 Å². The highest BCUT2D eigenvalue weighted by atomic mass is 31.2. The zero-order valence-electron chi connectivity index (χ0n) is 7.44. The zero-order chi connectivity index (χ0) is 11.4. The second-order valence-electron chi connectivity index (χ2n) is 2.85. The summed E-state index contributed by atoms with van der Waals surface area (Å²) in [5.41, 5.74) is 5.15. The molecule has 0 saturated heterocycles. The second-order valence-corrected chi connectivity index (χ2v) is 6.35. The molecule has 0 fully saturated rings. The summed E-state index contributed by atoms with van der Waals surface area (Å²) in [5.74, 6) is 0. The van der Waals surface area contributed by atoms with Crippen LogP contribution in [0.1, 0.15) is 19.3 Å². The van der Waals surface area contributed by atoms with Crippen molar-refractivity contribution < 1.29 is 29.2 Å². The van der Waals surface area contributed by atoms with Gasteiger partial charge in [0.15, 0.2) is 0 Å². The maximum absolute atomic E-state index is 10.8. The zero-order valence-corrected chi connectivity index (χ0v) is 9.23. The molecule has 0 aliphatic carbocycles. The van der Waals surface area contributed by atoms with Gasteiger partial charge in [-0.05, 0) is 25.8 Å². The first kappa shape index (κ1) is 14.4. The number of nitrogens with two attached hydrogens (primary N) is 1. The van der Waals surface area contributed by atoms with Crippen molar-refractivity contribution in [3.8, 4) is 0 Å². The van der Waals surface area contributed by atoms with Gasteiger partial charge >= 0.3 is 7.60 Å². The lowest BCUT2D eigenvalue weighted by Crippen LogP contribution is -2.26. The molecule has 0 rings (SSSR count). The summed E-state index contributed by atoms with van der Waals surface area (Å²) < 4.78 is 10.8. The minimum Gasteiger partial charge on any atom is -0.370 e. The van der Waals surface area contributed by atoms with Gasteiger partial charge in [0.05, 0.1) is 0 Å². The number of hydrogen-bond donors (Lipinski definition) is 6. The highest BCUT2D eigenvalue weighted by molar-refractivity contribution is 7.69. The Hall–Kier alpha value is 0.420. The van der Waals surface area contributed by atoms with Gasteiger partial charge in [-0.1, -0.05) is 0 Å². The molecule has 9 heteroatoms. The van der Waals surface area contributed by atoms with Crippen molar-refractivity contribution >= 4 is 16.0 Å². The van der Waals surface area contributed by atoms with Gasteiger partial charge in [-0.3, -0.25) is 4.57 Å². The molecule has 0 heterocycles. The summed E-state index contributed by atoms with van der Waals surface area (Å²) >= 11 is 0. The Morgan fingerprint density at radius 2 is 1.79 bits per heavy atom. The first-order valence-electron chi connectivity index (χ1n) is 3.92. The third kappa shape index (κ3) is 3.53. The Kier molecular flexibility index (Phi) is 5.65. The molecular formula is C5H15NO6P2. The molecule has 0 aromatic rings. The number of aliphatic hydroxyl groups is 1. The molecule has 0 saturated carbocycles. The summed E-state index contributed by atoms with van der Waals surface area (Å²) in [4.78, 5) is 35.0. The quantitative estimate of drug-likeness (QED) is 0.267. The summed E-state index contributed by atoms with van der Waals surface area (Å²) in [6.07, 6.45) is 0.288. The van der Waals surface area contributed by atoms with Crippen molar-refractivity contribution in [3.63, 3.8) is 0 Å². The third-order valence-corrected chi connectivity index (χ3v) is 5.09. The molecule has 0 aromatic heterocycles. The fraction of sp³-hybridized carbons (Fsp3) is 1.00. The lowest BCUT2D eigenvalue weighted by molar-refractivity contribution is 0.136. The highest BCUT2D eigenvalue weighted by Gasteiger charge is 2.51. The molecule has 0 aliphatic rings. The first-order chi connectivity index (χ1) is 6.25. The number of hydrogen-bond acceptors (Lipinski definition) is 5. The van der Waals surface area contributed by atoms with Crippen LogP contribution in [0.2, 0.25) is 0 Å². The largest absolute Gasteiger partial charge is 0.370 e. The summed E-state index contributed by atoms with van der Waals surface area (Å²) in [6, 6.07) is 0. The van der Waals surface area contributed by atoms with Crippen molar-refractivity contribution in [3.05, 3.63) is 0 Å². The van der Waals surface area contributed by atoms with Crippen molar-refractivity contribution in [2.75, 3.05) is 6.54 Å². The van der Waals surface area contributed by atoms with Crippen molar-refractivity contribution in [2.24, 2.45) is 5.73 Å². The maximum atomic E-state index is 10.8. The van der Waals surface area contributed by atoms with E-state index in [2.05, 4.69) is 0 Å². The van der Waals surface area contributed by atoms with Gasteiger partial charge in [-0.25, -0.2) is 0 Å². The van der Waals surface area contributed by atoms with Gasteiger partial charge in [0.1, 0.15) is 0 Å². The lowest BCUT2D eigenvalue weighted by Gasteiger charge is -2.29. The van der Waals surface area contributed by atoms with Crippen LogP contribution in [0.5, 0.6) is 0 Å².